The number of rotatable bonds is 3. The maximum absolute atomic E-state index is 12.8. The molecule has 0 bridgehead atoms. The molecule has 0 radical (unpaired) electrons. The van der Waals surface area contributed by atoms with Crippen LogP contribution in [0.25, 0.3) is 6.08 Å². The van der Waals surface area contributed by atoms with Crippen molar-refractivity contribution in [2.45, 2.75) is 58.4 Å². The van der Waals surface area contributed by atoms with Crippen molar-refractivity contribution in [1.82, 2.24) is 5.32 Å². The van der Waals surface area contributed by atoms with E-state index in [1.807, 2.05) is 59.8 Å². The van der Waals surface area contributed by atoms with Crippen LogP contribution >= 0.6 is 0 Å². The Morgan fingerprint density at radius 2 is 1.48 bits per heavy atom. The molecular weight excluding hydrogens is 390 g/mol. The Balaban J connectivity index is 1.93. The highest BCUT2D eigenvalue weighted by Crippen LogP contribution is 2.40. The average Bonchev–Trinajstić information content (AvgIpc) is 2.93. The zero-order valence-corrected chi connectivity index (χ0v) is 19.0. The Kier molecular flexibility index (Phi) is 5.61. The van der Waals surface area contributed by atoms with Gasteiger partial charge in [0.2, 0.25) is 0 Å². The smallest absolute Gasteiger partial charge is 0.329 e. The molecule has 31 heavy (non-hydrogen) atoms. The molecule has 1 unspecified atom stereocenters. The first kappa shape index (κ1) is 22.4. The maximum Gasteiger partial charge on any atom is 0.329 e. The summed E-state index contributed by atoms with van der Waals surface area (Å²) in [6.45, 7) is 12.3. The highest BCUT2D eigenvalue weighted by Gasteiger charge is 2.37. The molecule has 2 aromatic carbocycles. The maximum atomic E-state index is 12.8. The SMILES string of the molecule is CC(C)(C)c1cc(C=CC2NC(=O)N(c3ccc(N)cc3)C2=O)cc(C(C)(C)C)c1O. The third-order valence-corrected chi connectivity index (χ3v) is 5.35. The lowest BCUT2D eigenvalue weighted by Gasteiger charge is -2.28. The Morgan fingerprint density at radius 1 is 0.968 bits per heavy atom. The minimum absolute atomic E-state index is 0.253. The fourth-order valence-electron chi connectivity index (χ4n) is 3.60. The number of hydrogen-bond donors (Lipinski definition) is 3. The number of phenolic OH excluding ortho intramolecular Hbond substituents is 1. The molecule has 1 heterocycles. The van der Waals surface area contributed by atoms with E-state index >= 15 is 0 Å². The molecule has 1 fully saturated rings. The number of urea groups is 1. The standard InChI is InChI=1S/C25H31N3O3/c1-24(2,3)18-13-15(14-19(21(18)29)25(4,5)6)7-12-20-22(30)28(23(31)27-20)17-10-8-16(26)9-11-17/h7-14,20,29H,26H2,1-6H3,(H,27,31). The third kappa shape index (κ3) is 4.58. The van der Waals surface area contributed by atoms with Gasteiger partial charge in [-0.05, 0) is 52.8 Å². The van der Waals surface area contributed by atoms with Crippen LogP contribution in [-0.2, 0) is 15.6 Å². The number of anilines is 2. The topological polar surface area (TPSA) is 95.7 Å². The van der Waals surface area contributed by atoms with Gasteiger partial charge in [0, 0.05) is 16.8 Å². The van der Waals surface area contributed by atoms with Crippen molar-refractivity contribution in [2.24, 2.45) is 0 Å². The first-order valence-corrected chi connectivity index (χ1v) is 10.4. The zero-order chi connectivity index (χ0) is 23.1. The quantitative estimate of drug-likeness (QED) is 0.494. The number of nitrogens with two attached hydrogens (primary N) is 1. The van der Waals surface area contributed by atoms with Gasteiger partial charge in [-0.2, -0.15) is 0 Å². The van der Waals surface area contributed by atoms with Gasteiger partial charge in [0.05, 0.1) is 5.69 Å². The number of nitrogens with zero attached hydrogens (tertiary/aromatic N) is 1. The van der Waals surface area contributed by atoms with E-state index in [0.29, 0.717) is 17.1 Å². The minimum atomic E-state index is -0.768. The Labute approximate surface area is 183 Å². The van der Waals surface area contributed by atoms with E-state index in [1.165, 1.54) is 0 Å². The van der Waals surface area contributed by atoms with E-state index in [0.717, 1.165) is 21.6 Å². The Bertz CT molecular complexity index is 1010. The van der Waals surface area contributed by atoms with Gasteiger partial charge < -0.3 is 16.2 Å². The Morgan fingerprint density at radius 3 is 1.97 bits per heavy atom. The number of nitrogen functional groups attached to an aromatic ring is 1. The number of benzene rings is 2. The first-order valence-electron chi connectivity index (χ1n) is 10.4. The predicted octanol–water partition coefficient (Wildman–Crippen LogP) is 4.71. The van der Waals surface area contributed by atoms with Crippen molar-refractivity contribution >= 4 is 29.4 Å². The second-order valence-electron chi connectivity index (χ2n) is 10.0. The van der Waals surface area contributed by atoms with Gasteiger partial charge in [-0.25, -0.2) is 9.69 Å². The number of hydrogen-bond acceptors (Lipinski definition) is 4. The van der Waals surface area contributed by atoms with Crippen LogP contribution in [0.5, 0.6) is 5.75 Å². The molecule has 1 aliphatic rings. The molecule has 0 saturated carbocycles. The molecule has 0 aliphatic carbocycles. The summed E-state index contributed by atoms with van der Waals surface area (Å²) in [4.78, 5) is 26.4. The fraction of sp³-hybridized carbons (Fsp3) is 0.360. The van der Waals surface area contributed by atoms with Crippen molar-refractivity contribution in [1.29, 1.82) is 0 Å². The molecule has 164 valence electrons. The summed E-state index contributed by atoms with van der Waals surface area (Å²) in [5.41, 5.74) is 8.76. The van der Waals surface area contributed by atoms with E-state index in [1.54, 1.807) is 30.3 Å². The highest BCUT2D eigenvalue weighted by atomic mass is 16.3. The predicted molar refractivity (Wildman–Crippen MR) is 125 cm³/mol. The van der Waals surface area contributed by atoms with Crippen LogP contribution in [0.4, 0.5) is 16.2 Å². The van der Waals surface area contributed by atoms with E-state index in [2.05, 4.69) is 5.32 Å². The number of imide groups is 1. The number of carbonyl (C=O) groups excluding carboxylic acids is 2. The van der Waals surface area contributed by atoms with Gasteiger partial charge >= 0.3 is 6.03 Å². The molecule has 3 rings (SSSR count). The third-order valence-electron chi connectivity index (χ3n) is 5.35. The summed E-state index contributed by atoms with van der Waals surface area (Å²) < 4.78 is 0. The summed E-state index contributed by atoms with van der Waals surface area (Å²) in [5, 5.41) is 13.6. The fourth-order valence-corrected chi connectivity index (χ4v) is 3.60. The summed E-state index contributed by atoms with van der Waals surface area (Å²) in [5.74, 6) is -0.0474. The molecule has 3 amide bonds. The molecule has 2 aromatic rings. The van der Waals surface area contributed by atoms with E-state index in [9.17, 15) is 14.7 Å². The van der Waals surface area contributed by atoms with Gasteiger partial charge in [-0.15, -0.1) is 0 Å². The van der Waals surface area contributed by atoms with Crippen molar-refractivity contribution in [2.75, 3.05) is 10.6 Å². The van der Waals surface area contributed by atoms with Crippen LogP contribution in [0.15, 0.2) is 42.5 Å². The van der Waals surface area contributed by atoms with Crippen molar-refractivity contribution in [3.05, 3.63) is 59.2 Å². The van der Waals surface area contributed by atoms with Crippen LogP contribution in [0, 0.1) is 0 Å². The van der Waals surface area contributed by atoms with Crippen LogP contribution in [0.1, 0.15) is 58.2 Å². The molecule has 6 nitrogen and oxygen atoms in total. The molecule has 1 atom stereocenters. The normalized spacial score (nSPS) is 17.5. The summed E-state index contributed by atoms with van der Waals surface area (Å²) >= 11 is 0. The lowest BCUT2D eigenvalue weighted by molar-refractivity contribution is -0.117. The number of carbonyl (C=O) groups is 2. The molecule has 0 aromatic heterocycles. The molecule has 0 spiro atoms. The summed E-state index contributed by atoms with van der Waals surface area (Å²) in [6, 6.07) is 9.21. The average molecular weight is 422 g/mol. The Hall–Kier alpha value is -3.28. The van der Waals surface area contributed by atoms with Gasteiger partial charge in [0.15, 0.2) is 0 Å². The van der Waals surface area contributed by atoms with Gasteiger partial charge in [-0.3, -0.25) is 4.79 Å². The molecular formula is C25H31N3O3. The molecule has 1 saturated heterocycles. The summed E-state index contributed by atoms with van der Waals surface area (Å²) in [7, 11) is 0. The number of amides is 3. The second-order valence-corrected chi connectivity index (χ2v) is 10.0. The van der Waals surface area contributed by atoms with E-state index in [4.69, 9.17) is 5.73 Å². The first-order chi connectivity index (χ1) is 14.3. The van der Waals surface area contributed by atoms with Gasteiger partial charge in [-0.1, -0.05) is 53.7 Å². The molecule has 6 heteroatoms. The van der Waals surface area contributed by atoms with Gasteiger partial charge in [0.25, 0.3) is 5.91 Å². The van der Waals surface area contributed by atoms with Crippen LogP contribution in [-0.4, -0.2) is 23.1 Å². The van der Waals surface area contributed by atoms with Crippen molar-refractivity contribution < 1.29 is 14.7 Å². The monoisotopic (exact) mass is 421 g/mol. The van der Waals surface area contributed by atoms with Gasteiger partial charge in [0.1, 0.15) is 11.8 Å². The number of phenols is 1. The number of nitrogens with one attached hydrogen (secondary N) is 1. The number of aromatic hydroxyl groups is 1. The largest absolute Gasteiger partial charge is 0.507 e. The van der Waals surface area contributed by atoms with Crippen LogP contribution in [0.3, 0.4) is 0 Å². The highest BCUT2D eigenvalue weighted by molar-refractivity contribution is 6.22. The second kappa shape index (κ2) is 7.76. The van der Waals surface area contributed by atoms with Crippen LogP contribution < -0.4 is 16.0 Å². The lowest BCUT2D eigenvalue weighted by Crippen LogP contribution is -2.30. The van der Waals surface area contributed by atoms with Crippen molar-refractivity contribution in [3.63, 3.8) is 0 Å². The zero-order valence-electron chi connectivity index (χ0n) is 19.0. The van der Waals surface area contributed by atoms with E-state index < -0.39 is 12.1 Å². The lowest BCUT2D eigenvalue weighted by atomic mass is 9.78. The molecule has 1 aliphatic heterocycles. The summed E-state index contributed by atoms with van der Waals surface area (Å²) in [6.07, 6.45) is 3.50. The van der Waals surface area contributed by atoms with E-state index in [-0.39, 0.29) is 16.7 Å². The minimum Gasteiger partial charge on any atom is -0.507 e. The molecule has 4 N–H and O–H groups in total. The van der Waals surface area contributed by atoms with Crippen molar-refractivity contribution in [3.8, 4) is 5.75 Å². The van der Waals surface area contributed by atoms with Crippen LogP contribution in [0.2, 0.25) is 0 Å².